The van der Waals surface area contributed by atoms with Gasteiger partial charge in [0.05, 0.1) is 18.2 Å². The fourth-order valence-electron chi connectivity index (χ4n) is 1.21. The summed E-state index contributed by atoms with van der Waals surface area (Å²) in [4.78, 5) is 0. The second kappa shape index (κ2) is 4.95. The van der Waals surface area contributed by atoms with Crippen LogP contribution in [0.2, 0.25) is 5.02 Å². The van der Waals surface area contributed by atoms with E-state index >= 15 is 0 Å². The van der Waals surface area contributed by atoms with Gasteiger partial charge < -0.3 is 15.6 Å². The lowest BCUT2D eigenvalue weighted by atomic mass is 10.0. The number of halogens is 3. The van der Waals surface area contributed by atoms with Crippen molar-refractivity contribution in [1.82, 2.24) is 0 Å². The number of hydrogen-bond acceptors (Lipinski definition) is 3. The minimum Gasteiger partial charge on any atom is -0.495 e. The molecule has 0 aliphatic rings. The Balaban J connectivity index is 3.05. The second-order valence-corrected chi connectivity index (χ2v) is 3.70. The van der Waals surface area contributed by atoms with Gasteiger partial charge >= 0.3 is 0 Å². The average molecular weight is 252 g/mol. The maximum atomic E-state index is 13.1. The van der Waals surface area contributed by atoms with Crippen molar-refractivity contribution in [2.75, 3.05) is 13.7 Å². The molecule has 3 N–H and O–H groups in total. The topological polar surface area (TPSA) is 55.5 Å². The Hall–Kier alpha value is -0.910. The van der Waals surface area contributed by atoms with Crippen LogP contribution in [0.4, 0.5) is 8.78 Å². The average Bonchev–Trinajstić information content (AvgIpc) is 2.28. The largest absolute Gasteiger partial charge is 0.495 e. The normalized spacial score (nSPS) is 13.6. The summed E-state index contributed by atoms with van der Waals surface area (Å²) >= 11 is 5.75. The number of aliphatic hydroxyl groups excluding tert-OH is 1. The van der Waals surface area contributed by atoms with Crippen LogP contribution < -0.4 is 10.5 Å². The number of methoxy groups -OCH3 is 1. The van der Waals surface area contributed by atoms with Crippen molar-refractivity contribution in [2.45, 2.75) is 12.0 Å². The predicted molar refractivity (Wildman–Crippen MR) is 57.0 cm³/mol. The van der Waals surface area contributed by atoms with Crippen molar-refractivity contribution >= 4 is 11.6 Å². The second-order valence-electron chi connectivity index (χ2n) is 3.29. The molecule has 16 heavy (non-hydrogen) atoms. The lowest BCUT2D eigenvalue weighted by molar-refractivity contribution is -0.0712. The van der Waals surface area contributed by atoms with Gasteiger partial charge in [0.15, 0.2) is 0 Å². The van der Waals surface area contributed by atoms with Gasteiger partial charge in [-0.15, -0.1) is 0 Å². The molecule has 1 aromatic carbocycles. The zero-order valence-corrected chi connectivity index (χ0v) is 9.34. The van der Waals surface area contributed by atoms with E-state index in [2.05, 4.69) is 0 Å². The molecule has 0 heterocycles. The van der Waals surface area contributed by atoms with E-state index in [9.17, 15) is 8.78 Å². The molecule has 0 saturated carbocycles. The third-order valence-corrected chi connectivity index (χ3v) is 2.51. The number of ether oxygens (including phenoxy) is 1. The molecule has 0 unspecified atom stereocenters. The molecule has 0 spiro atoms. The summed E-state index contributed by atoms with van der Waals surface area (Å²) < 4.78 is 31.1. The number of nitrogens with two attached hydrogens (primary N) is 1. The predicted octanol–water partition coefficient (Wildman–Crippen LogP) is 1.98. The monoisotopic (exact) mass is 251 g/mol. The van der Waals surface area contributed by atoms with Crippen LogP contribution >= 0.6 is 11.6 Å². The molecule has 90 valence electrons. The summed E-state index contributed by atoms with van der Waals surface area (Å²) in [5.74, 6) is -3.11. The van der Waals surface area contributed by atoms with Gasteiger partial charge in [-0.05, 0) is 17.7 Å². The first-order valence-corrected chi connectivity index (χ1v) is 4.88. The van der Waals surface area contributed by atoms with Crippen LogP contribution in [0.5, 0.6) is 5.75 Å². The molecule has 3 nitrogen and oxygen atoms in total. The molecule has 0 aromatic heterocycles. The highest BCUT2D eigenvalue weighted by molar-refractivity contribution is 6.32. The van der Waals surface area contributed by atoms with E-state index in [4.69, 9.17) is 27.2 Å². The van der Waals surface area contributed by atoms with Crippen LogP contribution in [0, 0.1) is 0 Å². The molecule has 0 radical (unpaired) electrons. The van der Waals surface area contributed by atoms with E-state index < -0.39 is 18.6 Å². The van der Waals surface area contributed by atoms with Crippen LogP contribution in [0.3, 0.4) is 0 Å². The maximum Gasteiger partial charge on any atom is 0.289 e. The standard InChI is InChI=1S/C10H12ClF2NO2/c1-16-8-4-6(2-3-7(8)11)9(14)10(12,13)5-15/h2-4,9,15H,5,14H2,1H3/t9-/m1/s1. The van der Waals surface area contributed by atoms with Gasteiger partial charge in [-0.2, -0.15) is 0 Å². The molecule has 0 amide bonds. The lowest BCUT2D eigenvalue weighted by Gasteiger charge is -2.22. The molecule has 0 fully saturated rings. The van der Waals surface area contributed by atoms with Crippen molar-refractivity contribution < 1.29 is 18.6 Å². The minimum absolute atomic E-state index is 0.153. The van der Waals surface area contributed by atoms with E-state index in [0.29, 0.717) is 5.02 Å². The van der Waals surface area contributed by atoms with Crippen LogP contribution in [-0.2, 0) is 0 Å². The summed E-state index contributed by atoms with van der Waals surface area (Å²) in [7, 11) is 1.38. The molecule has 1 rings (SSSR count). The highest BCUT2D eigenvalue weighted by Gasteiger charge is 2.37. The Labute approximate surface area is 96.8 Å². The molecule has 6 heteroatoms. The third-order valence-electron chi connectivity index (χ3n) is 2.20. The Morgan fingerprint density at radius 1 is 1.56 bits per heavy atom. The first-order chi connectivity index (χ1) is 7.42. The van der Waals surface area contributed by atoms with Crippen molar-refractivity contribution in [3.05, 3.63) is 28.8 Å². The van der Waals surface area contributed by atoms with Crippen LogP contribution in [-0.4, -0.2) is 24.7 Å². The highest BCUT2D eigenvalue weighted by atomic mass is 35.5. The smallest absolute Gasteiger partial charge is 0.289 e. The summed E-state index contributed by atoms with van der Waals surface area (Å²) in [6, 6.07) is 2.53. The fraction of sp³-hybridized carbons (Fsp3) is 0.400. The van der Waals surface area contributed by atoms with Crippen molar-refractivity contribution in [1.29, 1.82) is 0 Å². The molecular formula is C10H12ClF2NO2. The van der Waals surface area contributed by atoms with E-state index in [0.717, 1.165) is 0 Å². The molecule has 1 aromatic rings. The van der Waals surface area contributed by atoms with Crippen LogP contribution in [0.1, 0.15) is 11.6 Å². The fourth-order valence-corrected chi connectivity index (χ4v) is 1.41. The number of alkyl halides is 2. The van der Waals surface area contributed by atoms with Gasteiger partial charge in [-0.1, -0.05) is 17.7 Å². The first kappa shape index (κ1) is 13.2. The van der Waals surface area contributed by atoms with Crippen molar-refractivity contribution in [2.24, 2.45) is 5.73 Å². The van der Waals surface area contributed by atoms with Gasteiger partial charge in [0.25, 0.3) is 5.92 Å². The summed E-state index contributed by atoms with van der Waals surface area (Å²) in [6.45, 7) is -1.31. The van der Waals surface area contributed by atoms with Crippen molar-refractivity contribution in [3.8, 4) is 5.75 Å². The van der Waals surface area contributed by atoms with Crippen LogP contribution in [0.25, 0.3) is 0 Å². The highest BCUT2D eigenvalue weighted by Crippen LogP contribution is 2.33. The molecule has 1 atom stereocenters. The van der Waals surface area contributed by atoms with Gasteiger partial charge in [0.2, 0.25) is 0 Å². The molecular weight excluding hydrogens is 240 g/mol. The zero-order valence-electron chi connectivity index (χ0n) is 8.58. The summed E-state index contributed by atoms with van der Waals surface area (Å²) in [6.07, 6.45) is 0. The number of rotatable bonds is 4. The van der Waals surface area contributed by atoms with Gasteiger partial charge in [-0.25, -0.2) is 8.78 Å². The Morgan fingerprint density at radius 2 is 2.19 bits per heavy atom. The number of hydrogen-bond donors (Lipinski definition) is 2. The molecule has 0 aliphatic carbocycles. The molecule has 0 bridgehead atoms. The Kier molecular flexibility index (Phi) is 4.07. The first-order valence-electron chi connectivity index (χ1n) is 4.50. The van der Waals surface area contributed by atoms with E-state index in [1.54, 1.807) is 0 Å². The zero-order chi connectivity index (χ0) is 12.3. The van der Waals surface area contributed by atoms with Gasteiger partial charge in [-0.3, -0.25) is 0 Å². The summed E-state index contributed by atoms with van der Waals surface area (Å²) in [5.41, 5.74) is 5.50. The third kappa shape index (κ3) is 2.61. The Bertz CT molecular complexity index is 374. The van der Waals surface area contributed by atoms with Crippen molar-refractivity contribution in [3.63, 3.8) is 0 Å². The maximum absolute atomic E-state index is 13.1. The number of benzene rings is 1. The van der Waals surface area contributed by atoms with E-state index in [1.807, 2.05) is 0 Å². The molecule has 0 saturated heterocycles. The van der Waals surface area contributed by atoms with Gasteiger partial charge in [0, 0.05) is 0 Å². The quantitative estimate of drug-likeness (QED) is 0.860. The van der Waals surface area contributed by atoms with Gasteiger partial charge in [0.1, 0.15) is 12.4 Å². The van der Waals surface area contributed by atoms with Crippen LogP contribution in [0.15, 0.2) is 18.2 Å². The lowest BCUT2D eigenvalue weighted by Crippen LogP contribution is -2.36. The minimum atomic E-state index is -3.38. The number of aliphatic hydroxyl groups is 1. The SMILES string of the molecule is COc1cc([C@@H](N)C(F)(F)CO)ccc1Cl. The summed E-state index contributed by atoms with van der Waals surface area (Å²) in [5, 5.41) is 8.83. The van der Waals surface area contributed by atoms with E-state index in [-0.39, 0.29) is 11.3 Å². The molecule has 0 aliphatic heterocycles. The van der Waals surface area contributed by atoms with E-state index in [1.165, 1.54) is 25.3 Å². The Morgan fingerprint density at radius 3 is 2.69 bits per heavy atom.